The predicted molar refractivity (Wildman–Crippen MR) is 84.1 cm³/mol. The van der Waals surface area contributed by atoms with Crippen molar-refractivity contribution in [2.45, 2.75) is 18.9 Å². The maximum atomic E-state index is 5.97. The van der Waals surface area contributed by atoms with Crippen molar-refractivity contribution in [2.75, 3.05) is 32.7 Å². The van der Waals surface area contributed by atoms with E-state index in [1.54, 1.807) is 0 Å². The van der Waals surface area contributed by atoms with Crippen molar-refractivity contribution in [1.82, 2.24) is 9.80 Å². The van der Waals surface area contributed by atoms with E-state index in [9.17, 15) is 0 Å². The molecule has 1 unspecified atom stereocenters. The van der Waals surface area contributed by atoms with Gasteiger partial charge in [-0.1, -0.05) is 36.9 Å². The van der Waals surface area contributed by atoms with Crippen LogP contribution in [0.5, 0.6) is 0 Å². The van der Waals surface area contributed by atoms with E-state index in [2.05, 4.69) is 53.6 Å². The van der Waals surface area contributed by atoms with Crippen LogP contribution in [-0.4, -0.2) is 48.1 Å². The van der Waals surface area contributed by atoms with Gasteiger partial charge in [-0.2, -0.15) is 0 Å². The van der Waals surface area contributed by atoms with Crippen molar-refractivity contribution in [1.29, 1.82) is 0 Å². The Morgan fingerprint density at radius 3 is 2.60 bits per heavy atom. The zero-order valence-electron chi connectivity index (χ0n) is 12.4. The van der Waals surface area contributed by atoms with Crippen molar-refractivity contribution in [2.24, 2.45) is 11.5 Å². The second-order valence-electron chi connectivity index (χ2n) is 5.86. The molecule has 4 nitrogen and oxygen atoms in total. The van der Waals surface area contributed by atoms with Crippen LogP contribution in [0.2, 0.25) is 0 Å². The number of piperazine rings is 1. The van der Waals surface area contributed by atoms with Crippen LogP contribution in [0.4, 0.5) is 0 Å². The van der Waals surface area contributed by atoms with E-state index in [-0.39, 0.29) is 5.54 Å². The molecule has 1 aromatic rings. The van der Waals surface area contributed by atoms with E-state index < -0.39 is 0 Å². The highest BCUT2D eigenvalue weighted by molar-refractivity contribution is 5.15. The third-order valence-corrected chi connectivity index (χ3v) is 4.20. The molecule has 0 amide bonds. The summed E-state index contributed by atoms with van der Waals surface area (Å²) in [6.45, 7) is 10.5. The molecule has 4 heteroatoms. The van der Waals surface area contributed by atoms with Gasteiger partial charge in [0.05, 0.1) is 11.4 Å². The van der Waals surface area contributed by atoms with Crippen molar-refractivity contribution in [3.8, 4) is 0 Å². The maximum absolute atomic E-state index is 5.97. The molecule has 1 atom stereocenters. The number of rotatable bonds is 5. The molecule has 110 valence electrons. The SMILES string of the molecule is C=C(N)N1CCN(CCc2ccccc2)CC1(C)CN. The fraction of sp³-hybridized carbons (Fsp3) is 0.500. The van der Waals surface area contributed by atoms with E-state index in [1.165, 1.54) is 5.56 Å². The van der Waals surface area contributed by atoms with Crippen LogP contribution in [0.15, 0.2) is 42.7 Å². The molecule has 0 radical (unpaired) electrons. The summed E-state index contributed by atoms with van der Waals surface area (Å²) >= 11 is 0. The second-order valence-corrected chi connectivity index (χ2v) is 5.86. The largest absolute Gasteiger partial charge is 0.386 e. The molecule has 1 aliphatic heterocycles. The summed E-state index contributed by atoms with van der Waals surface area (Å²) in [5, 5.41) is 0. The van der Waals surface area contributed by atoms with Crippen LogP contribution in [0.25, 0.3) is 0 Å². The topological polar surface area (TPSA) is 58.5 Å². The molecular formula is C16H26N4. The molecule has 1 aliphatic rings. The highest BCUT2D eigenvalue weighted by atomic mass is 15.3. The van der Waals surface area contributed by atoms with E-state index in [0.29, 0.717) is 12.4 Å². The molecule has 1 saturated heterocycles. The van der Waals surface area contributed by atoms with Gasteiger partial charge in [0.1, 0.15) is 0 Å². The molecule has 1 fully saturated rings. The zero-order valence-corrected chi connectivity index (χ0v) is 12.4. The predicted octanol–water partition coefficient (Wildman–Crippen LogP) is 0.994. The molecular weight excluding hydrogens is 248 g/mol. The molecule has 0 aromatic heterocycles. The van der Waals surface area contributed by atoms with Gasteiger partial charge in [0.2, 0.25) is 0 Å². The van der Waals surface area contributed by atoms with Gasteiger partial charge < -0.3 is 16.4 Å². The zero-order chi connectivity index (χ0) is 14.6. The Balaban J connectivity index is 1.94. The number of nitrogens with two attached hydrogens (primary N) is 2. The number of benzene rings is 1. The van der Waals surface area contributed by atoms with Gasteiger partial charge in [-0.05, 0) is 18.9 Å². The van der Waals surface area contributed by atoms with Gasteiger partial charge in [0, 0.05) is 32.7 Å². The van der Waals surface area contributed by atoms with E-state index in [0.717, 1.165) is 32.6 Å². The van der Waals surface area contributed by atoms with Crippen LogP contribution in [0.1, 0.15) is 12.5 Å². The summed E-state index contributed by atoms with van der Waals surface area (Å²) in [7, 11) is 0. The summed E-state index contributed by atoms with van der Waals surface area (Å²) in [6.07, 6.45) is 1.07. The Kier molecular flexibility index (Phi) is 4.68. The van der Waals surface area contributed by atoms with E-state index in [1.807, 2.05) is 0 Å². The standard InChI is InChI=1S/C16H26N4/c1-14(18)20-11-10-19(13-16(20,2)12-17)9-8-15-6-4-3-5-7-15/h3-7H,1,8-13,17-18H2,2H3. The maximum Gasteiger partial charge on any atom is 0.0918 e. The molecule has 0 bridgehead atoms. The minimum absolute atomic E-state index is 0.110. The Labute approximate surface area is 122 Å². The van der Waals surface area contributed by atoms with Crippen molar-refractivity contribution in [3.05, 3.63) is 48.3 Å². The lowest BCUT2D eigenvalue weighted by Gasteiger charge is -2.49. The van der Waals surface area contributed by atoms with Crippen LogP contribution in [0, 0.1) is 0 Å². The molecule has 1 heterocycles. The Morgan fingerprint density at radius 2 is 2.00 bits per heavy atom. The first-order valence-corrected chi connectivity index (χ1v) is 7.23. The summed E-state index contributed by atoms with van der Waals surface area (Å²) in [5.74, 6) is 0.626. The highest BCUT2D eigenvalue weighted by Crippen LogP contribution is 2.22. The number of hydrogen-bond acceptors (Lipinski definition) is 4. The third kappa shape index (κ3) is 3.32. The van der Waals surface area contributed by atoms with Gasteiger partial charge in [-0.15, -0.1) is 0 Å². The lowest BCUT2D eigenvalue weighted by Crippen LogP contribution is -2.64. The van der Waals surface area contributed by atoms with Crippen molar-refractivity contribution < 1.29 is 0 Å². The average molecular weight is 274 g/mol. The normalized spacial score (nSPS) is 23.8. The van der Waals surface area contributed by atoms with Crippen LogP contribution >= 0.6 is 0 Å². The van der Waals surface area contributed by atoms with Gasteiger partial charge in [-0.25, -0.2) is 0 Å². The lowest BCUT2D eigenvalue weighted by molar-refractivity contribution is 0.0392. The summed E-state index contributed by atoms with van der Waals surface area (Å²) in [6, 6.07) is 10.6. The molecule has 2 rings (SSSR count). The fourth-order valence-corrected chi connectivity index (χ4v) is 2.95. The van der Waals surface area contributed by atoms with Crippen molar-refractivity contribution >= 4 is 0 Å². The molecule has 0 aliphatic carbocycles. The first kappa shape index (κ1) is 14.9. The summed E-state index contributed by atoms with van der Waals surface area (Å²) in [5.41, 5.74) is 13.1. The number of hydrogen-bond donors (Lipinski definition) is 2. The monoisotopic (exact) mass is 274 g/mol. The first-order chi connectivity index (χ1) is 9.55. The Bertz CT molecular complexity index is 445. The minimum Gasteiger partial charge on any atom is -0.386 e. The Hall–Kier alpha value is -1.52. The van der Waals surface area contributed by atoms with E-state index in [4.69, 9.17) is 11.5 Å². The molecule has 4 N–H and O–H groups in total. The van der Waals surface area contributed by atoms with Gasteiger partial charge in [0.25, 0.3) is 0 Å². The van der Waals surface area contributed by atoms with Crippen molar-refractivity contribution in [3.63, 3.8) is 0 Å². The van der Waals surface area contributed by atoms with Crippen LogP contribution in [0.3, 0.4) is 0 Å². The average Bonchev–Trinajstić information content (AvgIpc) is 2.46. The summed E-state index contributed by atoms with van der Waals surface area (Å²) in [4.78, 5) is 4.62. The molecule has 0 spiro atoms. The van der Waals surface area contributed by atoms with E-state index >= 15 is 0 Å². The molecule has 0 saturated carbocycles. The lowest BCUT2D eigenvalue weighted by atomic mass is 9.96. The van der Waals surface area contributed by atoms with Crippen LogP contribution < -0.4 is 11.5 Å². The fourth-order valence-electron chi connectivity index (χ4n) is 2.95. The van der Waals surface area contributed by atoms with Crippen LogP contribution in [-0.2, 0) is 6.42 Å². The quantitative estimate of drug-likeness (QED) is 0.841. The Morgan fingerprint density at radius 1 is 1.30 bits per heavy atom. The minimum atomic E-state index is -0.110. The summed E-state index contributed by atoms with van der Waals surface area (Å²) < 4.78 is 0. The molecule has 20 heavy (non-hydrogen) atoms. The number of nitrogens with zero attached hydrogens (tertiary/aromatic N) is 2. The molecule has 1 aromatic carbocycles. The van der Waals surface area contributed by atoms with Gasteiger partial charge >= 0.3 is 0 Å². The third-order valence-electron chi connectivity index (χ3n) is 4.20. The second kappa shape index (κ2) is 6.29. The van der Waals surface area contributed by atoms with Gasteiger partial charge in [-0.3, -0.25) is 4.90 Å². The van der Waals surface area contributed by atoms with Gasteiger partial charge in [0.15, 0.2) is 0 Å². The first-order valence-electron chi connectivity index (χ1n) is 7.23. The highest BCUT2D eigenvalue weighted by Gasteiger charge is 2.36. The smallest absolute Gasteiger partial charge is 0.0918 e.